The fourth-order valence-corrected chi connectivity index (χ4v) is 4.56. The van der Waals surface area contributed by atoms with Crippen molar-refractivity contribution in [3.63, 3.8) is 0 Å². The zero-order valence-electron chi connectivity index (χ0n) is 20.7. The molecule has 0 bridgehead atoms. The molecule has 0 aliphatic carbocycles. The SMILES string of the molecule is CCOc1ccccc1N1CCN(C(=O)CCN(CC2CCCO2)C(=O)c2cnc(C)cn2)CC1. The summed E-state index contributed by atoms with van der Waals surface area (Å²) in [6, 6.07) is 8.02. The van der Waals surface area contributed by atoms with Crippen LogP contribution in [0, 0.1) is 6.92 Å². The summed E-state index contributed by atoms with van der Waals surface area (Å²) >= 11 is 0. The predicted molar refractivity (Wildman–Crippen MR) is 133 cm³/mol. The molecule has 2 aromatic rings. The van der Waals surface area contributed by atoms with Gasteiger partial charge in [-0.3, -0.25) is 14.6 Å². The molecule has 1 atom stereocenters. The van der Waals surface area contributed by atoms with E-state index in [0.29, 0.717) is 45.1 Å². The van der Waals surface area contributed by atoms with Gasteiger partial charge < -0.3 is 24.2 Å². The average molecular weight is 482 g/mol. The first-order chi connectivity index (χ1) is 17.0. The van der Waals surface area contributed by atoms with E-state index in [1.54, 1.807) is 11.1 Å². The van der Waals surface area contributed by atoms with Gasteiger partial charge in [0.2, 0.25) is 5.91 Å². The molecular weight excluding hydrogens is 446 g/mol. The van der Waals surface area contributed by atoms with Gasteiger partial charge in [-0.05, 0) is 38.8 Å². The van der Waals surface area contributed by atoms with Gasteiger partial charge in [-0.2, -0.15) is 0 Å². The molecule has 9 heteroatoms. The number of ether oxygens (including phenoxy) is 2. The summed E-state index contributed by atoms with van der Waals surface area (Å²) in [7, 11) is 0. The Kier molecular flexibility index (Phi) is 8.52. The molecule has 1 unspecified atom stereocenters. The standard InChI is InChI=1S/C26H35N5O4/c1-3-34-24-9-5-4-8-23(24)29-12-14-30(15-13-29)25(32)10-11-31(19-21-7-6-16-35-21)26(33)22-18-27-20(2)17-28-22/h4-5,8-9,17-18,21H,3,6-7,10-16,19H2,1-2H3. The minimum Gasteiger partial charge on any atom is -0.492 e. The van der Waals surface area contributed by atoms with Crippen LogP contribution in [0.4, 0.5) is 5.69 Å². The Balaban J connectivity index is 1.33. The summed E-state index contributed by atoms with van der Waals surface area (Å²) in [5.41, 5.74) is 2.11. The topological polar surface area (TPSA) is 88.1 Å². The molecule has 1 aromatic carbocycles. The van der Waals surface area contributed by atoms with Crippen LogP contribution >= 0.6 is 0 Å². The Labute approximate surface area is 207 Å². The van der Waals surface area contributed by atoms with Crippen LogP contribution in [0.3, 0.4) is 0 Å². The number of piperazine rings is 1. The van der Waals surface area contributed by atoms with E-state index in [4.69, 9.17) is 9.47 Å². The largest absolute Gasteiger partial charge is 0.492 e. The summed E-state index contributed by atoms with van der Waals surface area (Å²) in [6.07, 6.45) is 5.27. The molecule has 2 saturated heterocycles. The molecule has 9 nitrogen and oxygen atoms in total. The normalized spacial score (nSPS) is 17.9. The monoisotopic (exact) mass is 481 g/mol. The first kappa shape index (κ1) is 24.9. The second-order valence-corrected chi connectivity index (χ2v) is 8.95. The van der Waals surface area contributed by atoms with Crippen LogP contribution < -0.4 is 9.64 Å². The fraction of sp³-hybridized carbons (Fsp3) is 0.538. The second-order valence-electron chi connectivity index (χ2n) is 8.95. The highest BCUT2D eigenvalue weighted by Crippen LogP contribution is 2.29. The lowest BCUT2D eigenvalue weighted by molar-refractivity contribution is -0.131. The highest BCUT2D eigenvalue weighted by Gasteiger charge is 2.27. The van der Waals surface area contributed by atoms with E-state index in [9.17, 15) is 9.59 Å². The molecule has 2 amide bonds. The van der Waals surface area contributed by atoms with Crippen molar-refractivity contribution in [1.29, 1.82) is 0 Å². The molecule has 35 heavy (non-hydrogen) atoms. The van der Waals surface area contributed by atoms with Crippen molar-refractivity contribution in [2.45, 2.75) is 39.2 Å². The predicted octanol–water partition coefficient (Wildman–Crippen LogP) is 2.54. The number of benzene rings is 1. The van der Waals surface area contributed by atoms with Gasteiger partial charge in [0.15, 0.2) is 0 Å². The molecule has 188 valence electrons. The van der Waals surface area contributed by atoms with E-state index < -0.39 is 0 Å². The summed E-state index contributed by atoms with van der Waals surface area (Å²) in [6.45, 7) is 8.71. The van der Waals surface area contributed by atoms with Crippen LogP contribution in [0.2, 0.25) is 0 Å². The molecule has 4 rings (SSSR count). The highest BCUT2D eigenvalue weighted by atomic mass is 16.5. The van der Waals surface area contributed by atoms with Gasteiger partial charge in [-0.15, -0.1) is 0 Å². The zero-order chi connectivity index (χ0) is 24.6. The van der Waals surface area contributed by atoms with E-state index in [2.05, 4.69) is 20.9 Å². The lowest BCUT2D eigenvalue weighted by Crippen LogP contribution is -2.49. The maximum Gasteiger partial charge on any atom is 0.274 e. The van der Waals surface area contributed by atoms with Crippen molar-refractivity contribution < 1.29 is 19.1 Å². The minimum atomic E-state index is -0.210. The smallest absolute Gasteiger partial charge is 0.274 e. The van der Waals surface area contributed by atoms with Crippen LogP contribution in [0.15, 0.2) is 36.7 Å². The summed E-state index contributed by atoms with van der Waals surface area (Å²) in [4.78, 5) is 40.5. The van der Waals surface area contributed by atoms with Gasteiger partial charge in [0.1, 0.15) is 11.4 Å². The molecule has 2 aliphatic rings. The van der Waals surface area contributed by atoms with Gasteiger partial charge in [-0.1, -0.05) is 12.1 Å². The van der Waals surface area contributed by atoms with Crippen molar-refractivity contribution in [3.8, 4) is 5.75 Å². The average Bonchev–Trinajstić information content (AvgIpc) is 3.40. The Bertz CT molecular complexity index is 985. The number of hydrogen-bond donors (Lipinski definition) is 0. The zero-order valence-corrected chi connectivity index (χ0v) is 20.7. The highest BCUT2D eigenvalue weighted by molar-refractivity contribution is 5.92. The van der Waals surface area contributed by atoms with Crippen LogP contribution in [0.1, 0.15) is 42.4 Å². The maximum absolute atomic E-state index is 13.1. The van der Waals surface area contributed by atoms with Crippen LogP contribution in [-0.4, -0.2) is 90.2 Å². The number of aromatic nitrogens is 2. The van der Waals surface area contributed by atoms with Crippen molar-refractivity contribution in [2.75, 3.05) is 57.4 Å². The minimum absolute atomic E-state index is 0.00131. The van der Waals surface area contributed by atoms with Crippen LogP contribution in [0.25, 0.3) is 0 Å². The Morgan fingerprint density at radius 2 is 1.94 bits per heavy atom. The number of rotatable bonds is 9. The molecule has 1 aromatic heterocycles. The number of amides is 2. The summed E-state index contributed by atoms with van der Waals surface area (Å²) in [5.74, 6) is 0.721. The fourth-order valence-electron chi connectivity index (χ4n) is 4.56. The second kappa shape index (κ2) is 12.0. The van der Waals surface area contributed by atoms with E-state index in [-0.39, 0.29) is 24.3 Å². The molecule has 0 saturated carbocycles. The van der Waals surface area contributed by atoms with E-state index in [1.165, 1.54) is 6.20 Å². The Hall–Kier alpha value is -3.20. The lowest BCUT2D eigenvalue weighted by atomic mass is 10.2. The number of carbonyl (C=O) groups is 2. The van der Waals surface area contributed by atoms with Crippen LogP contribution in [-0.2, 0) is 9.53 Å². The number of anilines is 1. The van der Waals surface area contributed by atoms with Crippen molar-refractivity contribution in [3.05, 3.63) is 48.0 Å². The number of hydrogen-bond acceptors (Lipinski definition) is 7. The quantitative estimate of drug-likeness (QED) is 0.544. The number of nitrogens with zero attached hydrogens (tertiary/aromatic N) is 5. The van der Waals surface area contributed by atoms with Crippen molar-refractivity contribution >= 4 is 17.5 Å². The summed E-state index contributed by atoms with van der Waals surface area (Å²) in [5, 5.41) is 0. The van der Waals surface area contributed by atoms with E-state index in [0.717, 1.165) is 43.1 Å². The van der Waals surface area contributed by atoms with Gasteiger partial charge in [-0.25, -0.2) is 4.98 Å². The van der Waals surface area contributed by atoms with Gasteiger partial charge in [0.05, 0.1) is 30.3 Å². The molecule has 3 heterocycles. The molecule has 0 radical (unpaired) electrons. The lowest BCUT2D eigenvalue weighted by Gasteiger charge is -2.37. The number of carbonyl (C=O) groups excluding carboxylic acids is 2. The van der Waals surface area contributed by atoms with Gasteiger partial charge in [0, 0.05) is 58.5 Å². The molecule has 0 N–H and O–H groups in total. The third-order valence-corrected chi connectivity index (χ3v) is 6.47. The first-order valence-electron chi connectivity index (χ1n) is 12.5. The molecular formula is C26H35N5O4. The maximum atomic E-state index is 13.1. The van der Waals surface area contributed by atoms with E-state index in [1.807, 2.05) is 36.9 Å². The molecule has 2 fully saturated rings. The van der Waals surface area contributed by atoms with E-state index >= 15 is 0 Å². The van der Waals surface area contributed by atoms with Crippen molar-refractivity contribution in [1.82, 2.24) is 19.8 Å². The molecule has 0 spiro atoms. The molecule has 2 aliphatic heterocycles. The van der Waals surface area contributed by atoms with Gasteiger partial charge >= 0.3 is 0 Å². The number of para-hydroxylation sites is 2. The Morgan fingerprint density at radius 1 is 1.14 bits per heavy atom. The Morgan fingerprint density at radius 3 is 2.63 bits per heavy atom. The summed E-state index contributed by atoms with van der Waals surface area (Å²) < 4.78 is 11.5. The van der Waals surface area contributed by atoms with Crippen molar-refractivity contribution in [2.24, 2.45) is 0 Å². The van der Waals surface area contributed by atoms with Crippen LogP contribution in [0.5, 0.6) is 5.75 Å². The first-order valence-corrected chi connectivity index (χ1v) is 12.5. The van der Waals surface area contributed by atoms with Gasteiger partial charge in [0.25, 0.3) is 5.91 Å². The third kappa shape index (κ3) is 6.48. The third-order valence-electron chi connectivity index (χ3n) is 6.47. The number of aryl methyl sites for hydroxylation is 1.